The minimum Gasteiger partial charge on any atom is -0.307 e. The molecule has 0 bridgehead atoms. The molecule has 1 rings (SSSR count). The highest BCUT2D eigenvalue weighted by molar-refractivity contribution is 5.81. The third kappa shape index (κ3) is 2.78. The van der Waals surface area contributed by atoms with Crippen LogP contribution >= 0.6 is 0 Å². The normalized spacial score (nSPS) is 16.8. The van der Waals surface area contributed by atoms with E-state index >= 15 is 0 Å². The van der Waals surface area contributed by atoms with Gasteiger partial charge in [0, 0.05) is 12.5 Å². The van der Waals surface area contributed by atoms with Gasteiger partial charge in [-0.05, 0) is 12.8 Å². The lowest BCUT2D eigenvalue weighted by molar-refractivity contribution is -0.117. The lowest BCUT2D eigenvalue weighted by Gasteiger charge is -1.97. The molecule has 0 unspecified atom stereocenters. The summed E-state index contributed by atoms with van der Waals surface area (Å²) in [7, 11) is 0. The number of allylic oxidation sites excluding steroid dienone is 1. The second-order valence-electron chi connectivity index (χ2n) is 2.69. The number of Topliss-reactive ketones (excluding diaryl/α,β-unsaturated/α-hetero) is 1. The third-order valence-corrected chi connectivity index (χ3v) is 1.54. The Bertz CT molecular complexity index is 138. The Hall–Kier alpha value is -0.630. The van der Waals surface area contributed by atoms with Crippen molar-refractivity contribution >= 4 is 5.78 Å². The SMILES string of the molecule is C=CCC(=O)CNC1CC1. The first-order valence-corrected chi connectivity index (χ1v) is 3.69. The molecule has 0 aromatic carbocycles. The van der Waals surface area contributed by atoms with E-state index < -0.39 is 0 Å². The Morgan fingerprint density at radius 3 is 2.90 bits per heavy atom. The van der Waals surface area contributed by atoms with E-state index in [0.29, 0.717) is 19.0 Å². The number of ketones is 1. The van der Waals surface area contributed by atoms with Gasteiger partial charge in [-0.3, -0.25) is 4.79 Å². The molecule has 0 radical (unpaired) electrons. The molecule has 2 nitrogen and oxygen atoms in total. The van der Waals surface area contributed by atoms with Gasteiger partial charge < -0.3 is 5.32 Å². The van der Waals surface area contributed by atoms with E-state index in [0.717, 1.165) is 0 Å². The summed E-state index contributed by atoms with van der Waals surface area (Å²) in [6.45, 7) is 4.02. The maximum Gasteiger partial charge on any atom is 0.150 e. The van der Waals surface area contributed by atoms with E-state index in [2.05, 4.69) is 11.9 Å². The number of hydrogen-bond donors (Lipinski definition) is 1. The first-order chi connectivity index (χ1) is 4.83. The second kappa shape index (κ2) is 3.52. The van der Waals surface area contributed by atoms with Crippen molar-refractivity contribution in [2.24, 2.45) is 0 Å². The molecule has 0 amide bonds. The molecule has 10 heavy (non-hydrogen) atoms. The van der Waals surface area contributed by atoms with Crippen molar-refractivity contribution < 1.29 is 4.79 Å². The molecule has 0 atom stereocenters. The van der Waals surface area contributed by atoms with E-state index in [4.69, 9.17) is 0 Å². The average molecular weight is 139 g/mol. The van der Waals surface area contributed by atoms with Gasteiger partial charge in [-0.15, -0.1) is 6.58 Å². The Balaban J connectivity index is 1.99. The molecule has 56 valence electrons. The van der Waals surface area contributed by atoms with Crippen LogP contribution in [0.4, 0.5) is 0 Å². The lowest BCUT2D eigenvalue weighted by atomic mass is 10.3. The van der Waals surface area contributed by atoms with E-state index in [-0.39, 0.29) is 5.78 Å². The maximum atomic E-state index is 10.8. The largest absolute Gasteiger partial charge is 0.307 e. The maximum absolute atomic E-state index is 10.8. The highest BCUT2D eigenvalue weighted by Crippen LogP contribution is 2.17. The zero-order valence-electron chi connectivity index (χ0n) is 6.10. The standard InChI is InChI=1S/C8H13NO/c1-2-3-8(10)6-9-7-4-5-7/h2,7,9H,1,3-6H2. The summed E-state index contributed by atoms with van der Waals surface area (Å²) in [5, 5.41) is 3.14. The van der Waals surface area contributed by atoms with Crippen molar-refractivity contribution in [3.05, 3.63) is 12.7 Å². The monoisotopic (exact) mass is 139 g/mol. The summed E-state index contributed by atoms with van der Waals surface area (Å²) in [5.74, 6) is 0.238. The zero-order chi connectivity index (χ0) is 7.40. The first-order valence-electron chi connectivity index (χ1n) is 3.69. The van der Waals surface area contributed by atoms with Gasteiger partial charge in [-0.2, -0.15) is 0 Å². The van der Waals surface area contributed by atoms with Crippen LogP contribution in [0.5, 0.6) is 0 Å². The van der Waals surface area contributed by atoms with Crippen molar-refractivity contribution in [1.29, 1.82) is 0 Å². The molecular formula is C8H13NO. The quantitative estimate of drug-likeness (QED) is 0.573. The van der Waals surface area contributed by atoms with Crippen LogP contribution in [-0.4, -0.2) is 18.4 Å². The zero-order valence-corrected chi connectivity index (χ0v) is 6.10. The van der Waals surface area contributed by atoms with Crippen LogP contribution in [0.1, 0.15) is 19.3 Å². The molecule has 1 aliphatic rings. The number of carbonyl (C=O) groups is 1. The average Bonchev–Trinajstić information content (AvgIpc) is 2.67. The highest BCUT2D eigenvalue weighted by Gasteiger charge is 2.20. The minimum atomic E-state index is 0.238. The third-order valence-electron chi connectivity index (χ3n) is 1.54. The summed E-state index contributed by atoms with van der Waals surface area (Å²) >= 11 is 0. The molecule has 2 heteroatoms. The fraction of sp³-hybridized carbons (Fsp3) is 0.625. The molecule has 1 aliphatic carbocycles. The van der Waals surface area contributed by atoms with Gasteiger partial charge in [0.15, 0.2) is 0 Å². The molecule has 0 aromatic heterocycles. The molecule has 0 aliphatic heterocycles. The van der Waals surface area contributed by atoms with Gasteiger partial charge in [0.1, 0.15) is 5.78 Å². The summed E-state index contributed by atoms with van der Waals surface area (Å²) in [6.07, 6.45) is 4.62. The van der Waals surface area contributed by atoms with Gasteiger partial charge in [0.05, 0.1) is 6.54 Å². The summed E-state index contributed by atoms with van der Waals surface area (Å²) in [5.41, 5.74) is 0. The first kappa shape index (κ1) is 7.48. The molecule has 0 saturated heterocycles. The number of rotatable bonds is 5. The van der Waals surface area contributed by atoms with Crippen LogP contribution in [-0.2, 0) is 4.79 Å². The van der Waals surface area contributed by atoms with Crippen molar-refractivity contribution in [3.8, 4) is 0 Å². The Morgan fingerprint density at radius 2 is 2.40 bits per heavy atom. The summed E-state index contributed by atoms with van der Waals surface area (Å²) < 4.78 is 0. The van der Waals surface area contributed by atoms with Gasteiger partial charge >= 0.3 is 0 Å². The van der Waals surface area contributed by atoms with Crippen LogP contribution in [0.25, 0.3) is 0 Å². The molecule has 1 fully saturated rings. The van der Waals surface area contributed by atoms with Crippen LogP contribution in [0.2, 0.25) is 0 Å². The molecule has 0 spiro atoms. The van der Waals surface area contributed by atoms with Crippen molar-refractivity contribution in [1.82, 2.24) is 5.32 Å². The molecule has 0 aromatic rings. The minimum absolute atomic E-state index is 0.238. The second-order valence-corrected chi connectivity index (χ2v) is 2.69. The van der Waals surface area contributed by atoms with Gasteiger partial charge in [-0.25, -0.2) is 0 Å². The smallest absolute Gasteiger partial charge is 0.150 e. The van der Waals surface area contributed by atoms with Gasteiger partial charge in [0.25, 0.3) is 0 Å². The predicted molar refractivity (Wildman–Crippen MR) is 40.8 cm³/mol. The van der Waals surface area contributed by atoms with Crippen LogP contribution < -0.4 is 5.32 Å². The lowest BCUT2D eigenvalue weighted by Crippen LogP contribution is -2.24. The highest BCUT2D eigenvalue weighted by atomic mass is 16.1. The van der Waals surface area contributed by atoms with Crippen LogP contribution in [0.3, 0.4) is 0 Å². The summed E-state index contributed by atoms with van der Waals surface area (Å²) in [4.78, 5) is 10.8. The molecular weight excluding hydrogens is 126 g/mol. The Morgan fingerprint density at radius 1 is 1.70 bits per heavy atom. The van der Waals surface area contributed by atoms with Crippen molar-refractivity contribution in [3.63, 3.8) is 0 Å². The van der Waals surface area contributed by atoms with Crippen molar-refractivity contribution in [2.75, 3.05) is 6.54 Å². The van der Waals surface area contributed by atoms with Gasteiger partial charge in [-0.1, -0.05) is 6.08 Å². The number of nitrogens with one attached hydrogen (secondary N) is 1. The van der Waals surface area contributed by atoms with Crippen molar-refractivity contribution in [2.45, 2.75) is 25.3 Å². The van der Waals surface area contributed by atoms with E-state index in [1.165, 1.54) is 12.8 Å². The number of carbonyl (C=O) groups excluding carboxylic acids is 1. The number of hydrogen-bond acceptors (Lipinski definition) is 2. The predicted octanol–water partition coefficient (Wildman–Crippen LogP) is 0.884. The molecule has 0 heterocycles. The van der Waals surface area contributed by atoms with Crippen LogP contribution in [0, 0.1) is 0 Å². The van der Waals surface area contributed by atoms with E-state index in [1.54, 1.807) is 6.08 Å². The van der Waals surface area contributed by atoms with E-state index in [9.17, 15) is 4.79 Å². The fourth-order valence-corrected chi connectivity index (χ4v) is 0.779. The Labute approximate surface area is 61.3 Å². The van der Waals surface area contributed by atoms with Gasteiger partial charge in [0.2, 0.25) is 0 Å². The van der Waals surface area contributed by atoms with E-state index in [1.807, 2.05) is 0 Å². The summed E-state index contributed by atoms with van der Waals surface area (Å²) in [6, 6.07) is 0.633. The topological polar surface area (TPSA) is 29.1 Å². The molecule has 1 N–H and O–H groups in total. The fourth-order valence-electron chi connectivity index (χ4n) is 0.779. The molecule has 1 saturated carbocycles. The Kier molecular flexibility index (Phi) is 2.63. The van der Waals surface area contributed by atoms with Crippen LogP contribution in [0.15, 0.2) is 12.7 Å².